The third-order valence-corrected chi connectivity index (χ3v) is 3.04. The van der Waals surface area contributed by atoms with E-state index in [1.165, 1.54) is 11.9 Å². The Morgan fingerprint density at radius 3 is 2.52 bits per heavy atom. The highest BCUT2D eigenvalue weighted by atomic mass is 35.5. The lowest BCUT2D eigenvalue weighted by molar-refractivity contribution is -0.123. The van der Waals surface area contributed by atoms with Crippen LogP contribution in [0.3, 0.4) is 0 Å². The Balaban J connectivity index is 0.00000127. The summed E-state index contributed by atoms with van der Waals surface area (Å²) in [6, 6.07) is 11.6. The van der Waals surface area contributed by atoms with E-state index in [0.29, 0.717) is 12.3 Å². The van der Waals surface area contributed by atoms with Crippen molar-refractivity contribution in [2.45, 2.75) is 26.3 Å². The van der Waals surface area contributed by atoms with E-state index in [1.54, 1.807) is 12.4 Å². The molecule has 124 valence electrons. The van der Waals surface area contributed by atoms with Gasteiger partial charge in [-0.1, -0.05) is 31.5 Å². The summed E-state index contributed by atoms with van der Waals surface area (Å²) in [5.41, 5.74) is 2.25. The number of hydrogen-bond donors (Lipinski definition) is 1. The van der Waals surface area contributed by atoms with Crippen LogP contribution in [0.4, 0.5) is 0 Å². The van der Waals surface area contributed by atoms with E-state index in [-0.39, 0.29) is 12.5 Å². The van der Waals surface area contributed by atoms with Gasteiger partial charge < -0.3 is 10.1 Å². The maximum Gasteiger partial charge on any atom is 0.258 e. The van der Waals surface area contributed by atoms with E-state index in [0.717, 1.165) is 18.4 Å². The molecule has 1 aromatic carbocycles. The number of amides is 1. The molecular formula is C18H23ClN2O2. The van der Waals surface area contributed by atoms with E-state index < -0.39 is 0 Å². The van der Waals surface area contributed by atoms with E-state index in [9.17, 15) is 4.79 Å². The molecule has 0 spiro atoms. The highest BCUT2D eigenvalue weighted by Gasteiger charge is 2.03. The van der Waals surface area contributed by atoms with Gasteiger partial charge in [-0.3, -0.25) is 9.78 Å². The van der Waals surface area contributed by atoms with Gasteiger partial charge in [0.2, 0.25) is 0 Å². The number of alkyl halides is 1. The first-order valence-corrected chi connectivity index (χ1v) is 8.28. The van der Waals surface area contributed by atoms with Crippen LogP contribution < -0.4 is 10.1 Å². The number of aromatic nitrogens is 1. The number of benzene rings is 1. The number of ether oxygens (including phenoxy) is 1. The molecule has 2 rings (SSSR count). The highest BCUT2D eigenvalue weighted by molar-refractivity contribution is 6.15. The van der Waals surface area contributed by atoms with E-state index in [4.69, 9.17) is 4.74 Å². The van der Waals surface area contributed by atoms with Crippen molar-refractivity contribution in [2.24, 2.45) is 0 Å². The summed E-state index contributed by atoms with van der Waals surface area (Å²) in [4.78, 5) is 15.7. The van der Waals surface area contributed by atoms with Crippen LogP contribution in [0.1, 0.15) is 24.5 Å². The monoisotopic (exact) mass is 334 g/mol. The first-order valence-electron chi connectivity index (χ1n) is 7.53. The minimum atomic E-state index is -0.142. The molecule has 0 unspecified atom stereocenters. The summed E-state index contributed by atoms with van der Waals surface area (Å²) < 4.78 is 5.46. The largest absolute Gasteiger partial charge is 0.484 e. The molecule has 0 fully saturated rings. The molecule has 0 atom stereocenters. The van der Waals surface area contributed by atoms with Crippen molar-refractivity contribution >= 4 is 17.5 Å². The number of hydrogen-bond acceptors (Lipinski definition) is 3. The van der Waals surface area contributed by atoms with E-state index in [2.05, 4.69) is 28.8 Å². The second-order valence-electron chi connectivity index (χ2n) is 4.82. The second-order valence-corrected chi connectivity index (χ2v) is 4.82. The zero-order chi connectivity index (χ0) is 16.9. The molecule has 0 aliphatic rings. The lowest BCUT2D eigenvalue weighted by Gasteiger charge is -2.08. The summed E-state index contributed by atoms with van der Waals surface area (Å²) in [5, 5.41) is 2.80. The van der Waals surface area contributed by atoms with Crippen LogP contribution in [0.25, 0.3) is 0 Å². The lowest BCUT2D eigenvalue weighted by atomic mass is 10.1. The number of nitrogens with zero attached hydrogens (tertiary/aromatic N) is 1. The van der Waals surface area contributed by atoms with Crippen LogP contribution in [0.15, 0.2) is 48.8 Å². The number of nitrogens with one attached hydrogen (secondary N) is 1. The summed E-state index contributed by atoms with van der Waals surface area (Å²) in [6.07, 6.45) is 7.09. The Kier molecular flexibility index (Phi) is 9.48. The average molecular weight is 335 g/mol. The topological polar surface area (TPSA) is 51.2 Å². The van der Waals surface area contributed by atoms with Crippen molar-refractivity contribution in [2.75, 3.05) is 13.0 Å². The smallest absolute Gasteiger partial charge is 0.258 e. The molecule has 1 aromatic heterocycles. The normalized spacial score (nSPS) is 9.52. The third-order valence-electron chi connectivity index (χ3n) is 3.04. The third kappa shape index (κ3) is 7.66. The first-order chi connectivity index (χ1) is 11.3. The predicted octanol–water partition coefficient (Wildman–Crippen LogP) is 3.58. The lowest BCUT2D eigenvalue weighted by Crippen LogP contribution is -2.28. The van der Waals surface area contributed by atoms with Crippen LogP contribution in [0.5, 0.6) is 5.75 Å². The number of pyridine rings is 1. The van der Waals surface area contributed by atoms with Crippen LogP contribution >= 0.6 is 11.6 Å². The number of carbonyl (C=O) groups is 1. The van der Waals surface area contributed by atoms with Crippen molar-refractivity contribution in [3.05, 3.63) is 59.9 Å². The maximum absolute atomic E-state index is 11.7. The molecule has 5 heteroatoms. The van der Waals surface area contributed by atoms with Gasteiger partial charge in [-0.25, -0.2) is 0 Å². The molecule has 2 aromatic rings. The van der Waals surface area contributed by atoms with Crippen LogP contribution in [-0.2, 0) is 17.8 Å². The van der Waals surface area contributed by atoms with Gasteiger partial charge in [0.25, 0.3) is 5.91 Å². The minimum Gasteiger partial charge on any atom is -0.484 e. The molecule has 4 nitrogen and oxygen atoms in total. The number of halogens is 1. The summed E-state index contributed by atoms with van der Waals surface area (Å²) in [5.74, 6) is 0.572. The van der Waals surface area contributed by atoms with Gasteiger partial charge in [0, 0.05) is 25.3 Å². The standard InChI is InChI=1S/C17H20N2O2.CH3Cl/c1-2-4-14-6-8-16(9-7-14)21-13-17(20)19-12-15-5-3-10-18-11-15;1-2/h3,5-11H,2,4,12-13H2,1H3,(H,19,20);1H3. The molecule has 0 saturated heterocycles. The van der Waals surface area contributed by atoms with Crippen LogP contribution in [0, 0.1) is 0 Å². The quantitative estimate of drug-likeness (QED) is 0.787. The van der Waals surface area contributed by atoms with Crippen LogP contribution in [0.2, 0.25) is 0 Å². The van der Waals surface area contributed by atoms with Crippen molar-refractivity contribution in [1.29, 1.82) is 0 Å². The van der Waals surface area contributed by atoms with E-state index in [1.807, 2.05) is 36.4 Å². The molecule has 0 bridgehead atoms. The molecule has 1 heterocycles. The Hall–Kier alpha value is -2.07. The summed E-state index contributed by atoms with van der Waals surface area (Å²) in [7, 11) is 0. The molecule has 1 N–H and O–H groups in total. The van der Waals surface area contributed by atoms with Gasteiger partial charge in [-0.05, 0) is 35.7 Å². The van der Waals surface area contributed by atoms with Gasteiger partial charge in [-0.15, -0.1) is 11.6 Å². The molecule has 1 amide bonds. The Morgan fingerprint density at radius 2 is 1.91 bits per heavy atom. The fourth-order valence-electron chi connectivity index (χ4n) is 1.94. The Morgan fingerprint density at radius 1 is 1.17 bits per heavy atom. The average Bonchev–Trinajstić information content (AvgIpc) is 2.62. The van der Waals surface area contributed by atoms with Crippen molar-refractivity contribution in [3.8, 4) is 5.75 Å². The van der Waals surface area contributed by atoms with Gasteiger partial charge in [-0.2, -0.15) is 0 Å². The molecule has 0 radical (unpaired) electrons. The summed E-state index contributed by atoms with van der Waals surface area (Å²) >= 11 is 4.64. The number of carbonyl (C=O) groups excluding carboxylic acids is 1. The molecule has 23 heavy (non-hydrogen) atoms. The fourth-order valence-corrected chi connectivity index (χ4v) is 1.94. The minimum absolute atomic E-state index is 0.0212. The Bertz CT molecular complexity index is 559. The molecule has 0 aliphatic heterocycles. The zero-order valence-electron chi connectivity index (χ0n) is 13.6. The number of rotatable bonds is 7. The fraction of sp³-hybridized carbons (Fsp3) is 0.333. The molecular weight excluding hydrogens is 312 g/mol. The molecule has 0 saturated carbocycles. The summed E-state index contributed by atoms with van der Waals surface area (Å²) in [6.45, 7) is 2.63. The maximum atomic E-state index is 11.7. The second kappa shape index (κ2) is 11.5. The predicted molar refractivity (Wildman–Crippen MR) is 93.8 cm³/mol. The van der Waals surface area contributed by atoms with E-state index >= 15 is 0 Å². The molecule has 0 aliphatic carbocycles. The SMILES string of the molecule is CCCc1ccc(OCC(=O)NCc2cccnc2)cc1.CCl. The van der Waals surface area contributed by atoms with Gasteiger partial charge in [0.1, 0.15) is 5.75 Å². The Labute approximate surface area is 142 Å². The first kappa shape index (κ1) is 19.0. The van der Waals surface area contributed by atoms with Gasteiger partial charge >= 0.3 is 0 Å². The van der Waals surface area contributed by atoms with Gasteiger partial charge in [0.15, 0.2) is 6.61 Å². The zero-order valence-corrected chi connectivity index (χ0v) is 14.3. The van der Waals surface area contributed by atoms with Crippen molar-refractivity contribution < 1.29 is 9.53 Å². The highest BCUT2D eigenvalue weighted by Crippen LogP contribution is 2.13. The van der Waals surface area contributed by atoms with Crippen LogP contribution in [-0.4, -0.2) is 23.9 Å². The van der Waals surface area contributed by atoms with Crippen molar-refractivity contribution in [1.82, 2.24) is 10.3 Å². The van der Waals surface area contributed by atoms with Crippen molar-refractivity contribution in [3.63, 3.8) is 0 Å². The van der Waals surface area contributed by atoms with Gasteiger partial charge in [0.05, 0.1) is 0 Å². The number of aryl methyl sites for hydroxylation is 1.